The lowest BCUT2D eigenvalue weighted by molar-refractivity contribution is -0.119. The van der Waals surface area contributed by atoms with Crippen molar-refractivity contribution in [2.75, 3.05) is 18.2 Å². The number of anilines is 1. The predicted molar refractivity (Wildman–Crippen MR) is 96.3 cm³/mol. The molecule has 0 atom stereocenters. The summed E-state index contributed by atoms with van der Waals surface area (Å²) in [7, 11) is 0. The van der Waals surface area contributed by atoms with Crippen LogP contribution in [-0.2, 0) is 9.53 Å². The number of benzene rings is 2. The average Bonchev–Trinajstić information content (AvgIpc) is 2.55. The maximum absolute atomic E-state index is 11.9. The zero-order chi connectivity index (χ0) is 16.8. The highest BCUT2D eigenvalue weighted by molar-refractivity contribution is 9.10. The van der Waals surface area contributed by atoms with Gasteiger partial charge in [0.2, 0.25) is 0 Å². The van der Waals surface area contributed by atoms with Gasteiger partial charge in [-0.1, -0.05) is 27.5 Å². The Morgan fingerprint density at radius 3 is 2.57 bits per heavy atom. The molecule has 23 heavy (non-hydrogen) atoms. The third kappa shape index (κ3) is 5.27. The van der Waals surface area contributed by atoms with E-state index in [0.717, 1.165) is 4.90 Å². The molecule has 4 nitrogen and oxygen atoms in total. The minimum atomic E-state index is -0.649. The van der Waals surface area contributed by atoms with E-state index < -0.39 is 11.9 Å². The number of ether oxygens (including phenoxy) is 1. The van der Waals surface area contributed by atoms with E-state index in [1.54, 1.807) is 42.1 Å². The molecule has 0 aliphatic carbocycles. The van der Waals surface area contributed by atoms with Crippen molar-refractivity contribution in [1.82, 2.24) is 0 Å². The summed E-state index contributed by atoms with van der Waals surface area (Å²) < 4.78 is 5.68. The Bertz CT molecular complexity index is 722. The zero-order valence-corrected chi connectivity index (χ0v) is 15.3. The third-order valence-electron chi connectivity index (χ3n) is 2.86. The van der Waals surface area contributed by atoms with E-state index in [9.17, 15) is 9.59 Å². The van der Waals surface area contributed by atoms with Crippen molar-refractivity contribution in [3.63, 3.8) is 0 Å². The van der Waals surface area contributed by atoms with Crippen molar-refractivity contribution in [2.24, 2.45) is 0 Å². The molecule has 2 rings (SSSR count). The number of amides is 1. The number of hydrogen-bond acceptors (Lipinski definition) is 4. The Balaban J connectivity index is 1.90. The summed E-state index contributed by atoms with van der Waals surface area (Å²) in [6.07, 6.45) is 1.97. The van der Waals surface area contributed by atoms with E-state index in [1.807, 2.05) is 18.4 Å². The summed E-state index contributed by atoms with van der Waals surface area (Å²) in [6.45, 7) is -0.383. The number of carbonyl (C=O) groups excluding carboxylic acids is 2. The number of esters is 1. The molecule has 0 bridgehead atoms. The lowest BCUT2D eigenvalue weighted by Crippen LogP contribution is -2.21. The summed E-state index contributed by atoms with van der Waals surface area (Å²) >= 11 is 10.8. The Hall–Kier alpha value is -1.50. The van der Waals surface area contributed by atoms with E-state index in [4.69, 9.17) is 16.3 Å². The van der Waals surface area contributed by atoms with Gasteiger partial charge in [-0.15, -0.1) is 11.8 Å². The van der Waals surface area contributed by atoms with Crippen molar-refractivity contribution in [3.05, 3.63) is 57.5 Å². The SMILES string of the molecule is CSc1ccc(NC(=O)COC(=O)c2cc(Br)ccc2Cl)cc1. The first-order valence-electron chi connectivity index (χ1n) is 6.55. The van der Waals surface area contributed by atoms with Crippen molar-refractivity contribution in [2.45, 2.75) is 4.90 Å². The highest BCUT2D eigenvalue weighted by Gasteiger charge is 2.14. The molecule has 0 fully saturated rings. The summed E-state index contributed by atoms with van der Waals surface area (Å²) in [5, 5.41) is 2.93. The first-order chi connectivity index (χ1) is 11.0. The Morgan fingerprint density at radius 2 is 1.91 bits per heavy atom. The average molecular weight is 415 g/mol. The minimum Gasteiger partial charge on any atom is -0.452 e. The number of hydrogen-bond donors (Lipinski definition) is 1. The predicted octanol–water partition coefficient (Wildman–Crippen LogP) is 4.62. The van der Waals surface area contributed by atoms with Gasteiger partial charge in [0.25, 0.3) is 5.91 Å². The molecule has 0 unspecified atom stereocenters. The second-order valence-electron chi connectivity index (χ2n) is 4.48. The molecule has 0 heterocycles. The standard InChI is InChI=1S/C16H13BrClNO3S/c1-23-12-5-3-11(4-6-12)19-15(20)9-22-16(21)13-8-10(17)2-7-14(13)18/h2-8H,9H2,1H3,(H,19,20). The fourth-order valence-electron chi connectivity index (χ4n) is 1.73. The number of thioether (sulfide) groups is 1. The van der Waals surface area contributed by atoms with Crippen molar-refractivity contribution < 1.29 is 14.3 Å². The van der Waals surface area contributed by atoms with E-state index in [-0.39, 0.29) is 17.2 Å². The van der Waals surface area contributed by atoms with E-state index in [2.05, 4.69) is 21.2 Å². The summed E-state index contributed by atoms with van der Waals surface area (Å²) in [4.78, 5) is 24.9. The Kier molecular flexibility index (Phi) is 6.50. The van der Waals surface area contributed by atoms with Gasteiger partial charge in [-0.05, 0) is 48.7 Å². The van der Waals surface area contributed by atoms with Crippen molar-refractivity contribution >= 4 is 56.9 Å². The zero-order valence-electron chi connectivity index (χ0n) is 12.1. The van der Waals surface area contributed by atoms with Crippen LogP contribution in [0.15, 0.2) is 51.8 Å². The number of rotatable bonds is 5. The monoisotopic (exact) mass is 413 g/mol. The molecular formula is C16H13BrClNO3S. The van der Waals surface area contributed by atoms with Gasteiger partial charge in [-0.3, -0.25) is 4.79 Å². The van der Waals surface area contributed by atoms with Crippen LogP contribution in [0.5, 0.6) is 0 Å². The molecule has 0 aliphatic heterocycles. The van der Waals surface area contributed by atoms with Crippen LogP contribution in [0.4, 0.5) is 5.69 Å². The maximum atomic E-state index is 11.9. The van der Waals surface area contributed by atoms with Crippen LogP contribution in [0, 0.1) is 0 Å². The molecule has 0 saturated heterocycles. The summed E-state index contributed by atoms with van der Waals surface area (Å²) in [5.74, 6) is -1.06. The minimum absolute atomic E-state index is 0.207. The Morgan fingerprint density at radius 1 is 1.22 bits per heavy atom. The molecule has 2 aromatic carbocycles. The molecular weight excluding hydrogens is 402 g/mol. The maximum Gasteiger partial charge on any atom is 0.340 e. The van der Waals surface area contributed by atoms with Crippen LogP contribution in [0.2, 0.25) is 5.02 Å². The van der Waals surface area contributed by atoms with Gasteiger partial charge in [0, 0.05) is 15.1 Å². The van der Waals surface area contributed by atoms with Crippen LogP contribution < -0.4 is 5.32 Å². The van der Waals surface area contributed by atoms with Crippen LogP contribution in [0.3, 0.4) is 0 Å². The molecule has 0 saturated carbocycles. The molecule has 7 heteroatoms. The first kappa shape index (κ1) is 17.8. The number of nitrogens with one attached hydrogen (secondary N) is 1. The molecule has 0 spiro atoms. The molecule has 0 aromatic heterocycles. The van der Waals surface area contributed by atoms with Crippen LogP contribution in [0.25, 0.3) is 0 Å². The normalized spacial score (nSPS) is 10.2. The number of carbonyl (C=O) groups is 2. The largest absolute Gasteiger partial charge is 0.452 e. The molecule has 1 N–H and O–H groups in total. The lowest BCUT2D eigenvalue weighted by atomic mass is 10.2. The van der Waals surface area contributed by atoms with Crippen molar-refractivity contribution in [1.29, 1.82) is 0 Å². The highest BCUT2D eigenvalue weighted by atomic mass is 79.9. The summed E-state index contributed by atoms with van der Waals surface area (Å²) in [5.41, 5.74) is 0.850. The lowest BCUT2D eigenvalue weighted by Gasteiger charge is -2.08. The van der Waals surface area contributed by atoms with Gasteiger partial charge < -0.3 is 10.1 Å². The van der Waals surface area contributed by atoms with Crippen LogP contribution in [0.1, 0.15) is 10.4 Å². The molecule has 0 radical (unpaired) electrons. The van der Waals surface area contributed by atoms with E-state index in [1.165, 1.54) is 0 Å². The Labute approximate surface area is 151 Å². The highest BCUT2D eigenvalue weighted by Crippen LogP contribution is 2.22. The second-order valence-corrected chi connectivity index (χ2v) is 6.68. The molecule has 2 aromatic rings. The third-order valence-corrected chi connectivity index (χ3v) is 4.42. The number of halogens is 2. The molecule has 0 aliphatic rings. The topological polar surface area (TPSA) is 55.4 Å². The summed E-state index contributed by atoms with van der Waals surface area (Å²) in [6, 6.07) is 12.2. The van der Waals surface area contributed by atoms with Gasteiger partial charge >= 0.3 is 5.97 Å². The first-order valence-corrected chi connectivity index (χ1v) is 8.95. The van der Waals surface area contributed by atoms with Gasteiger partial charge in [-0.2, -0.15) is 0 Å². The molecule has 1 amide bonds. The van der Waals surface area contributed by atoms with E-state index >= 15 is 0 Å². The van der Waals surface area contributed by atoms with Gasteiger partial charge in [0.1, 0.15) is 0 Å². The quantitative estimate of drug-likeness (QED) is 0.573. The van der Waals surface area contributed by atoms with E-state index in [0.29, 0.717) is 10.2 Å². The fraction of sp³-hybridized carbons (Fsp3) is 0.125. The van der Waals surface area contributed by atoms with Gasteiger partial charge in [0.05, 0.1) is 10.6 Å². The van der Waals surface area contributed by atoms with Crippen LogP contribution >= 0.6 is 39.3 Å². The fourth-order valence-corrected chi connectivity index (χ4v) is 2.70. The van der Waals surface area contributed by atoms with Gasteiger partial charge in [0.15, 0.2) is 6.61 Å². The second kappa shape index (κ2) is 8.38. The van der Waals surface area contributed by atoms with Crippen LogP contribution in [-0.4, -0.2) is 24.7 Å². The van der Waals surface area contributed by atoms with Crippen molar-refractivity contribution in [3.8, 4) is 0 Å². The molecule has 120 valence electrons. The smallest absolute Gasteiger partial charge is 0.340 e. The van der Waals surface area contributed by atoms with Gasteiger partial charge in [-0.25, -0.2) is 4.79 Å².